The van der Waals surface area contributed by atoms with Crippen molar-refractivity contribution in [1.82, 2.24) is 19.5 Å². The third-order valence-electron chi connectivity index (χ3n) is 3.29. The van der Waals surface area contributed by atoms with Crippen LogP contribution in [0.3, 0.4) is 0 Å². The molecule has 3 heterocycles. The van der Waals surface area contributed by atoms with Gasteiger partial charge in [0, 0.05) is 6.42 Å². The van der Waals surface area contributed by atoms with Crippen LogP contribution in [0.15, 0.2) is 17.4 Å². The Bertz CT molecular complexity index is 783. The maximum Gasteiger partial charge on any atom is 0.469 e. The second-order valence-corrected chi connectivity index (χ2v) is 6.01. The van der Waals surface area contributed by atoms with Gasteiger partial charge in [0.15, 0.2) is 11.2 Å². The van der Waals surface area contributed by atoms with Crippen LogP contribution >= 0.6 is 7.82 Å². The van der Waals surface area contributed by atoms with E-state index in [4.69, 9.17) is 14.5 Å². The second-order valence-electron chi connectivity index (χ2n) is 4.77. The first kappa shape index (κ1) is 15.3. The summed E-state index contributed by atoms with van der Waals surface area (Å²) in [7, 11) is -4.64. The lowest BCUT2D eigenvalue weighted by Gasteiger charge is -2.16. The van der Waals surface area contributed by atoms with Crippen molar-refractivity contribution >= 4 is 19.0 Å². The van der Waals surface area contributed by atoms with Crippen LogP contribution < -0.4 is 5.56 Å². The lowest BCUT2D eigenvalue weighted by Crippen LogP contribution is -2.25. The van der Waals surface area contributed by atoms with Gasteiger partial charge in [-0.25, -0.2) is 14.5 Å². The molecule has 1 aliphatic rings. The molecule has 1 fully saturated rings. The van der Waals surface area contributed by atoms with Gasteiger partial charge in [-0.2, -0.15) is 0 Å². The number of H-pyrrole nitrogens is 1. The predicted molar refractivity (Wildman–Crippen MR) is 70.7 cm³/mol. The minimum Gasteiger partial charge on any atom is -0.390 e. The van der Waals surface area contributed by atoms with Crippen LogP contribution in [-0.4, -0.2) is 53.2 Å². The van der Waals surface area contributed by atoms with Crippen LogP contribution in [0.2, 0.25) is 0 Å². The molecule has 22 heavy (non-hydrogen) atoms. The fourth-order valence-electron chi connectivity index (χ4n) is 2.28. The predicted octanol–water partition coefficient (Wildman–Crippen LogP) is -1.12. The highest BCUT2D eigenvalue weighted by Crippen LogP contribution is 2.38. The van der Waals surface area contributed by atoms with E-state index in [1.54, 1.807) is 0 Å². The zero-order valence-electron chi connectivity index (χ0n) is 11.1. The number of hydrogen-bond acceptors (Lipinski definition) is 7. The number of phosphoric ester groups is 1. The highest BCUT2D eigenvalue weighted by molar-refractivity contribution is 7.46. The molecule has 4 N–H and O–H groups in total. The standard InChI is InChI=1S/C10H13N4O7P/c15-5-1-7(21-6(5)2-20-22(17,18)19)14-4-13-8-9(14)11-3-12-10(8)16/h3-7,15H,1-2H2,(H,11,12,16)(H2,17,18,19)/t5-,6?,7?/m0/s1. The lowest BCUT2D eigenvalue weighted by atomic mass is 10.2. The van der Waals surface area contributed by atoms with E-state index in [9.17, 15) is 14.5 Å². The monoisotopic (exact) mass is 332 g/mol. The maximum atomic E-state index is 11.6. The van der Waals surface area contributed by atoms with Crippen LogP contribution in [-0.2, 0) is 13.8 Å². The molecule has 11 nitrogen and oxygen atoms in total. The molecule has 1 saturated heterocycles. The van der Waals surface area contributed by atoms with Crippen LogP contribution in [0.1, 0.15) is 12.6 Å². The SMILES string of the molecule is O=c1[nH]cnc2c1ncn2C1C[C@H](O)C(COP(=O)(O)O)O1. The molecule has 0 spiro atoms. The van der Waals surface area contributed by atoms with Crippen LogP contribution in [0.4, 0.5) is 0 Å². The van der Waals surface area contributed by atoms with Crippen molar-refractivity contribution in [2.75, 3.05) is 6.61 Å². The number of imidazole rings is 1. The van der Waals surface area contributed by atoms with Gasteiger partial charge in [-0.15, -0.1) is 0 Å². The van der Waals surface area contributed by atoms with Crippen molar-refractivity contribution in [1.29, 1.82) is 0 Å². The molecule has 2 unspecified atom stereocenters. The van der Waals surface area contributed by atoms with Crippen molar-refractivity contribution in [2.24, 2.45) is 0 Å². The van der Waals surface area contributed by atoms with E-state index < -0.39 is 38.4 Å². The summed E-state index contributed by atoms with van der Waals surface area (Å²) in [5.41, 5.74) is 0.0247. The van der Waals surface area contributed by atoms with E-state index in [1.165, 1.54) is 17.2 Å². The molecule has 2 aromatic heterocycles. The van der Waals surface area contributed by atoms with Gasteiger partial charge < -0.3 is 24.6 Å². The molecule has 0 radical (unpaired) electrons. The fraction of sp³-hybridized carbons (Fsp3) is 0.500. The first-order chi connectivity index (χ1) is 10.3. The number of aliphatic hydroxyl groups excluding tert-OH is 1. The van der Waals surface area contributed by atoms with E-state index in [1.807, 2.05) is 0 Å². The number of aromatic nitrogens is 4. The molecular formula is C10H13N4O7P. The Kier molecular flexibility index (Phi) is 3.85. The van der Waals surface area contributed by atoms with Gasteiger partial charge in [0.2, 0.25) is 0 Å². The summed E-state index contributed by atoms with van der Waals surface area (Å²) in [6.07, 6.45) is 0.182. The van der Waals surface area contributed by atoms with Gasteiger partial charge in [-0.3, -0.25) is 13.9 Å². The Morgan fingerprint density at radius 2 is 2.27 bits per heavy atom. The van der Waals surface area contributed by atoms with Gasteiger partial charge >= 0.3 is 7.82 Å². The van der Waals surface area contributed by atoms with Crippen molar-refractivity contribution in [3.63, 3.8) is 0 Å². The Morgan fingerprint density at radius 3 is 3.00 bits per heavy atom. The van der Waals surface area contributed by atoms with E-state index in [-0.39, 0.29) is 17.6 Å². The zero-order valence-corrected chi connectivity index (χ0v) is 12.0. The summed E-state index contributed by atoms with van der Waals surface area (Å²) in [5.74, 6) is 0. The summed E-state index contributed by atoms with van der Waals surface area (Å²) < 4.78 is 22.0. The summed E-state index contributed by atoms with van der Waals surface area (Å²) >= 11 is 0. The molecule has 120 valence electrons. The molecule has 1 aliphatic heterocycles. The third-order valence-corrected chi connectivity index (χ3v) is 3.77. The smallest absolute Gasteiger partial charge is 0.390 e. The van der Waals surface area contributed by atoms with Gasteiger partial charge in [-0.05, 0) is 0 Å². The first-order valence-corrected chi connectivity index (χ1v) is 7.82. The highest BCUT2D eigenvalue weighted by atomic mass is 31.2. The van der Waals surface area contributed by atoms with Crippen LogP contribution in [0, 0.1) is 0 Å². The van der Waals surface area contributed by atoms with E-state index in [0.717, 1.165) is 0 Å². The van der Waals surface area contributed by atoms with Crippen molar-refractivity contribution in [3.8, 4) is 0 Å². The van der Waals surface area contributed by atoms with Gasteiger partial charge in [0.25, 0.3) is 5.56 Å². The Labute approximate surface area is 122 Å². The van der Waals surface area contributed by atoms with Crippen molar-refractivity contribution in [2.45, 2.75) is 24.9 Å². The molecule has 0 bridgehead atoms. The summed E-state index contributed by atoms with van der Waals surface area (Å²) in [6, 6.07) is 0. The van der Waals surface area contributed by atoms with Crippen molar-refractivity contribution in [3.05, 3.63) is 23.0 Å². The van der Waals surface area contributed by atoms with E-state index >= 15 is 0 Å². The molecule has 3 atom stereocenters. The lowest BCUT2D eigenvalue weighted by molar-refractivity contribution is -0.0424. The zero-order chi connectivity index (χ0) is 15.9. The minimum atomic E-state index is -4.64. The molecule has 3 rings (SSSR count). The highest BCUT2D eigenvalue weighted by Gasteiger charge is 2.37. The number of nitrogens with one attached hydrogen (secondary N) is 1. The number of rotatable bonds is 4. The Balaban J connectivity index is 1.80. The summed E-state index contributed by atoms with van der Waals surface area (Å²) in [5, 5.41) is 9.90. The summed E-state index contributed by atoms with van der Waals surface area (Å²) in [6.45, 7) is -0.456. The fourth-order valence-corrected chi connectivity index (χ4v) is 2.62. The van der Waals surface area contributed by atoms with Gasteiger partial charge in [0.1, 0.15) is 12.3 Å². The number of aliphatic hydroxyl groups is 1. The summed E-state index contributed by atoms with van der Waals surface area (Å²) in [4.78, 5) is 39.3. The van der Waals surface area contributed by atoms with E-state index in [0.29, 0.717) is 0 Å². The first-order valence-electron chi connectivity index (χ1n) is 6.29. The third kappa shape index (κ3) is 2.95. The largest absolute Gasteiger partial charge is 0.469 e. The Hall–Kier alpha value is -1.62. The molecule has 0 aliphatic carbocycles. The number of aromatic amines is 1. The Morgan fingerprint density at radius 1 is 1.50 bits per heavy atom. The molecular weight excluding hydrogens is 319 g/mol. The normalized spacial score (nSPS) is 25.9. The quantitative estimate of drug-likeness (QED) is 0.508. The molecule has 2 aromatic rings. The number of nitrogens with zero attached hydrogens (tertiary/aromatic N) is 3. The van der Waals surface area contributed by atoms with Gasteiger partial charge in [-0.1, -0.05) is 0 Å². The minimum absolute atomic E-state index is 0.135. The topological polar surface area (TPSA) is 160 Å². The maximum absolute atomic E-state index is 11.6. The number of ether oxygens (including phenoxy) is 1. The number of fused-ring (bicyclic) bond motifs is 1. The van der Waals surface area contributed by atoms with Crippen LogP contribution in [0.25, 0.3) is 11.2 Å². The second kappa shape index (κ2) is 5.54. The molecule has 12 heteroatoms. The van der Waals surface area contributed by atoms with Gasteiger partial charge in [0.05, 0.1) is 25.4 Å². The number of hydrogen-bond donors (Lipinski definition) is 4. The molecule has 0 amide bonds. The average Bonchev–Trinajstić information content (AvgIpc) is 3.00. The average molecular weight is 332 g/mol. The van der Waals surface area contributed by atoms with Crippen LogP contribution in [0.5, 0.6) is 0 Å². The molecule has 0 saturated carbocycles. The van der Waals surface area contributed by atoms with Crippen molar-refractivity contribution < 1.29 is 28.7 Å². The van der Waals surface area contributed by atoms with E-state index in [2.05, 4.69) is 19.5 Å². The molecule has 0 aromatic carbocycles. The number of phosphoric acid groups is 1.